The van der Waals surface area contributed by atoms with Crippen molar-refractivity contribution in [2.24, 2.45) is 5.41 Å². The van der Waals surface area contributed by atoms with Gasteiger partial charge >= 0.3 is 12.1 Å². The molecule has 1 fully saturated rings. The summed E-state index contributed by atoms with van der Waals surface area (Å²) in [6, 6.07) is 0. The van der Waals surface area contributed by atoms with Gasteiger partial charge in [0.2, 0.25) is 0 Å². The minimum absolute atomic E-state index is 0.193. The summed E-state index contributed by atoms with van der Waals surface area (Å²) in [5.41, 5.74) is -0.715. The lowest BCUT2D eigenvalue weighted by Crippen LogP contribution is -2.47. The van der Waals surface area contributed by atoms with Crippen LogP contribution in [0.3, 0.4) is 0 Å². The topological polar surface area (TPSA) is 55.8 Å². The minimum Gasteiger partial charge on any atom is -0.466 e. The van der Waals surface area contributed by atoms with Crippen LogP contribution < -0.4 is 0 Å². The van der Waals surface area contributed by atoms with Crippen molar-refractivity contribution in [3.63, 3.8) is 0 Å². The number of amides is 1. The summed E-state index contributed by atoms with van der Waals surface area (Å²) < 4.78 is 10.4. The third-order valence-electron chi connectivity index (χ3n) is 3.31. The Morgan fingerprint density at radius 1 is 1.30 bits per heavy atom. The molecule has 1 amide bonds. The van der Waals surface area contributed by atoms with Gasteiger partial charge in [-0.1, -0.05) is 6.92 Å². The molecular weight excluding hydrogens is 258 g/mol. The van der Waals surface area contributed by atoms with Gasteiger partial charge in [0.25, 0.3) is 0 Å². The quantitative estimate of drug-likeness (QED) is 0.748. The third kappa shape index (κ3) is 5.39. The summed E-state index contributed by atoms with van der Waals surface area (Å²) in [6.07, 6.45) is 1.85. The van der Waals surface area contributed by atoms with Crippen LogP contribution in [0.4, 0.5) is 4.79 Å². The van der Waals surface area contributed by atoms with Gasteiger partial charge in [0.15, 0.2) is 0 Å². The van der Waals surface area contributed by atoms with Crippen molar-refractivity contribution < 1.29 is 19.1 Å². The summed E-state index contributed by atoms with van der Waals surface area (Å²) in [5.74, 6) is -0.193. The molecule has 1 atom stereocenters. The predicted molar refractivity (Wildman–Crippen MR) is 76.4 cm³/mol. The van der Waals surface area contributed by atoms with Crippen LogP contribution in [0.15, 0.2) is 0 Å². The van der Waals surface area contributed by atoms with Crippen molar-refractivity contribution in [2.45, 2.75) is 59.5 Å². The molecule has 0 saturated carbocycles. The summed E-state index contributed by atoms with van der Waals surface area (Å²) in [4.78, 5) is 25.5. The average Bonchev–Trinajstić information content (AvgIpc) is 2.26. The Kier molecular flexibility index (Phi) is 5.42. The second kappa shape index (κ2) is 6.46. The molecule has 0 spiro atoms. The fourth-order valence-electron chi connectivity index (χ4n) is 2.50. The molecule has 1 aliphatic rings. The number of nitrogens with zero attached hydrogens (tertiary/aromatic N) is 1. The van der Waals surface area contributed by atoms with Crippen molar-refractivity contribution in [2.75, 3.05) is 19.7 Å². The van der Waals surface area contributed by atoms with E-state index in [0.29, 0.717) is 26.1 Å². The van der Waals surface area contributed by atoms with Gasteiger partial charge in [-0.25, -0.2) is 4.79 Å². The molecule has 116 valence electrons. The van der Waals surface area contributed by atoms with E-state index in [0.717, 1.165) is 12.8 Å². The highest BCUT2D eigenvalue weighted by Crippen LogP contribution is 2.33. The fraction of sp³-hybridized carbons (Fsp3) is 0.867. The normalized spacial score (nSPS) is 23.4. The molecule has 0 aliphatic carbocycles. The summed E-state index contributed by atoms with van der Waals surface area (Å²) in [7, 11) is 0. The van der Waals surface area contributed by atoms with Crippen molar-refractivity contribution in [3.05, 3.63) is 0 Å². The van der Waals surface area contributed by atoms with Crippen LogP contribution in [0.1, 0.15) is 53.9 Å². The molecule has 20 heavy (non-hydrogen) atoms. The SMILES string of the molecule is CCOC(=O)CC1(C)CCCN(C(=O)OC(C)(C)C)C1. The first kappa shape index (κ1) is 16.8. The van der Waals surface area contributed by atoms with Crippen LogP contribution in [0.25, 0.3) is 0 Å². The first-order valence-corrected chi connectivity index (χ1v) is 7.29. The number of likely N-dealkylation sites (tertiary alicyclic amines) is 1. The number of carbonyl (C=O) groups excluding carboxylic acids is 2. The number of piperidine rings is 1. The average molecular weight is 285 g/mol. The van der Waals surface area contributed by atoms with Gasteiger partial charge in [0.1, 0.15) is 5.60 Å². The van der Waals surface area contributed by atoms with Crippen molar-refractivity contribution in [1.82, 2.24) is 4.90 Å². The highest BCUT2D eigenvalue weighted by atomic mass is 16.6. The van der Waals surface area contributed by atoms with Crippen molar-refractivity contribution in [1.29, 1.82) is 0 Å². The highest BCUT2D eigenvalue weighted by Gasteiger charge is 2.36. The van der Waals surface area contributed by atoms with E-state index in [9.17, 15) is 9.59 Å². The molecule has 1 heterocycles. The molecule has 1 rings (SSSR count). The lowest BCUT2D eigenvalue weighted by Gasteiger charge is -2.40. The van der Waals surface area contributed by atoms with Gasteiger partial charge in [-0.05, 0) is 46.0 Å². The minimum atomic E-state index is -0.494. The monoisotopic (exact) mass is 285 g/mol. The van der Waals surface area contributed by atoms with E-state index in [1.165, 1.54) is 0 Å². The zero-order chi connectivity index (χ0) is 15.4. The van der Waals surface area contributed by atoms with Crippen molar-refractivity contribution in [3.8, 4) is 0 Å². The number of hydrogen-bond donors (Lipinski definition) is 0. The molecule has 0 bridgehead atoms. The van der Waals surface area contributed by atoms with E-state index in [2.05, 4.69) is 0 Å². The van der Waals surface area contributed by atoms with Gasteiger partial charge in [0, 0.05) is 13.1 Å². The Hall–Kier alpha value is -1.26. The first-order valence-electron chi connectivity index (χ1n) is 7.29. The van der Waals surface area contributed by atoms with Gasteiger partial charge in [-0.2, -0.15) is 0 Å². The maximum absolute atomic E-state index is 12.1. The summed E-state index contributed by atoms with van der Waals surface area (Å²) in [6.45, 7) is 11.0. The maximum atomic E-state index is 12.1. The zero-order valence-electron chi connectivity index (χ0n) is 13.3. The fourth-order valence-corrected chi connectivity index (χ4v) is 2.50. The van der Waals surface area contributed by atoms with E-state index in [-0.39, 0.29) is 17.5 Å². The van der Waals surface area contributed by atoms with E-state index in [1.807, 2.05) is 27.7 Å². The van der Waals surface area contributed by atoms with Crippen molar-refractivity contribution >= 4 is 12.1 Å². The molecular formula is C15H27NO4. The number of esters is 1. The maximum Gasteiger partial charge on any atom is 0.410 e. The van der Waals surface area contributed by atoms with E-state index in [1.54, 1.807) is 11.8 Å². The third-order valence-corrected chi connectivity index (χ3v) is 3.31. The molecule has 1 saturated heterocycles. The molecule has 5 nitrogen and oxygen atoms in total. The molecule has 1 unspecified atom stereocenters. The second-order valence-corrected chi connectivity index (χ2v) is 6.80. The Morgan fingerprint density at radius 3 is 2.50 bits per heavy atom. The van der Waals surface area contributed by atoms with Crippen LogP contribution in [0, 0.1) is 5.41 Å². The van der Waals surface area contributed by atoms with E-state index in [4.69, 9.17) is 9.47 Å². The van der Waals surface area contributed by atoms with Gasteiger partial charge in [-0.3, -0.25) is 4.79 Å². The molecule has 0 aromatic carbocycles. The zero-order valence-corrected chi connectivity index (χ0v) is 13.3. The lowest BCUT2D eigenvalue weighted by atomic mass is 9.79. The predicted octanol–water partition coefficient (Wildman–Crippen LogP) is 2.98. The van der Waals surface area contributed by atoms with E-state index < -0.39 is 5.60 Å². The second-order valence-electron chi connectivity index (χ2n) is 6.80. The van der Waals surface area contributed by atoms with Gasteiger partial charge in [0.05, 0.1) is 13.0 Å². The molecule has 0 aromatic rings. The van der Waals surface area contributed by atoms with Crippen LogP contribution >= 0.6 is 0 Å². The standard InChI is InChI=1S/C15H27NO4/c1-6-19-12(17)10-15(5)8-7-9-16(11-15)13(18)20-14(2,3)4/h6-11H2,1-5H3. The van der Waals surface area contributed by atoms with Crippen LogP contribution in [0.2, 0.25) is 0 Å². The Labute approximate surface area is 121 Å². The number of hydrogen-bond acceptors (Lipinski definition) is 4. The van der Waals surface area contributed by atoms with Gasteiger partial charge in [-0.15, -0.1) is 0 Å². The molecule has 5 heteroatoms. The van der Waals surface area contributed by atoms with Crippen LogP contribution in [0.5, 0.6) is 0 Å². The first-order chi connectivity index (χ1) is 9.15. The molecule has 0 radical (unpaired) electrons. The Morgan fingerprint density at radius 2 is 1.95 bits per heavy atom. The van der Waals surface area contributed by atoms with Crippen LogP contribution in [-0.2, 0) is 14.3 Å². The van der Waals surface area contributed by atoms with Crippen LogP contribution in [-0.4, -0.2) is 42.3 Å². The Balaban J connectivity index is 2.61. The van der Waals surface area contributed by atoms with Gasteiger partial charge < -0.3 is 14.4 Å². The summed E-state index contributed by atoms with van der Waals surface area (Å²) in [5, 5.41) is 0. The number of rotatable bonds is 3. The largest absolute Gasteiger partial charge is 0.466 e. The molecule has 0 aromatic heterocycles. The molecule has 0 N–H and O–H groups in total. The highest BCUT2D eigenvalue weighted by molar-refractivity contribution is 5.71. The smallest absolute Gasteiger partial charge is 0.410 e. The number of carbonyl (C=O) groups is 2. The molecule has 1 aliphatic heterocycles. The number of ether oxygens (including phenoxy) is 2. The Bertz CT molecular complexity index is 361. The van der Waals surface area contributed by atoms with E-state index >= 15 is 0 Å². The lowest BCUT2D eigenvalue weighted by molar-refractivity contribution is -0.146. The summed E-state index contributed by atoms with van der Waals surface area (Å²) >= 11 is 0.